The van der Waals surface area contributed by atoms with Crippen molar-refractivity contribution in [1.29, 1.82) is 0 Å². The monoisotopic (exact) mass is 350 g/mol. The van der Waals surface area contributed by atoms with Crippen molar-refractivity contribution in [1.82, 2.24) is 4.90 Å². The van der Waals surface area contributed by atoms with Gasteiger partial charge in [0.25, 0.3) is 0 Å². The smallest absolute Gasteiger partial charge is 0.244 e. The van der Waals surface area contributed by atoms with Crippen LogP contribution in [0.25, 0.3) is 0 Å². The van der Waals surface area contributed by atoms with E-state index < -0.39 is 0 Å². The maximum atomic E-state index is 12.9. The van der Waals surface area contributed by atoms with E-state index in [-0.39, 0.29) is 47.9 Å². The summed E-state index contributed by atoms with van der Waals surface area (Å²) >= 11 is 0. The number of carbonyl (C=O) groups is 3. The standard InChI is InChI=1S/C21H22N2O3/c1-10-3-6-16(11(2)7-10)22-17(24)9-23-20(25)18-12-4-5-13(15-8-14(12)15)19(18)21(23)26/h3-7,12-15,18-19H,8-9H2,1-2H3,(H,22,24)/t12-,13-,14-,15-,18-,19+/m1/s1. The minimum atomic E-state index is -0.317. The molecule has 5 aliphatic rings. The lowest BCUT2D eigenvalue weighted by molar-refractivity contribution is -0.142. The number of aryl methyl sites for hydroxylation is 2. The first kappa shape index (κ1) is 15.8. The Kier molecular flexibility index (Phi) is 3.21. The fourth-order valence-electron chi connectivity index (χ4n) is 5.46. The van der Waals surface area contributed by atoms with Crippen LogP contribution in [-0.2, 0) is 14.4 Å². The molecule has 1 aromatic carbocycles. The molecule has 1 saturated heterocycles. The predicted molar refractivity (Wildman–Crippen MR) is 96.0 cm³/mol. The van der Waals surface area contributed by atoms with Crippen molar-refractivity contribution in [3.8, 4) is 0 Å². The summed E-state index contributed by atoms with van der Waals surface area (Å²) in [7, 11) is 0. The second kappa shape index (κ2) is 5.29. The van der Waals surface area contributed by atoms with E-state index in [1.54, 1.807) is 0 Å². The Morgan fingerprint density at radius 2 is 1.69 bits per heavy atom. The van der Waals surface area contributed by atoms with Crippen LogP contribution in [0.3, 0.4) is 0 Å². The van der Waals surface area contributed by atoms with Gasteiger partial charge in [-0.25, -0.2) is 0 Å². The Morgan fingerprint density at radius 1 is 1.08 bits per heavy atom. The fourth-order valence-corrected chi connectivity index (χ4v) is 5.46. The van der Waals surface area contributed by atoms with Crippen LogP contribution in [0.15, 0.2) is 30.4 Å². The van der Waals surface area contributed by atoms with E-state index in [0.717, 1.165) is 23.2 Å². The largest absolute Gasteiger partial charge is 0.324 e. The van der Waals surface area contributed by atoms with Crippen molar-refractivity contribution in [3.05, 3.63) is 41.5 Å². The number of carbonyl (C=O) groups excluding carboxylic acids is 3. The summed E-state index contributed by atoms with van der Waals surface area (Å²) in [4.78, 5) is 39.5. The van der Waals surface area contributed by atoms with Gasteiger partial charge in [0.2, 0.25) is 17.7 Å². The SMILES string of the molecule is Cc1ccc(NC(=O)CN2C(=O)[C@@H]3[C@@H]4C=C[C@H]([C@H]5C[C@H]45)[C@@H]3C2=O)c(C)c1. The predicted octanol–water partition coefficient (Wildman–Crippen LogP) is 2.30. The Morgan fingerprint density at radius 3 is 2.27 bits per heavy atom. The molecule has 6 rings (SSSR count). The van der Waals surface area contributed by atoms with E-state index in [0.29, 0.717) is 11.8 Å². The van der Waals surface area contributed by atoms with Crippen LogP contribution < -0.4 is 5.32 Å². The van der Waals surface area contributed by atoms with Gasteiger partial charge in [0, 0.05) is 5.69 Å². The number of amides is 3. The zero-order valence-corrected chi connectivity index (χ0v) is 14.9. The van der Waals surface area contributed by atoms with Crippen molar-refractivity contribution in [3.63, 3.8) is 0 Å². The van der Waals surface area contributed by atoms with Gasteiger partial charge in [-0.1, -0.05) is 29.8 Å². The molecule has 4 aliphatic carbocycles. The maximum absolute atomic E-state index is 12.9. The molecule has 26 heavy (non-hydrogen) atoms. The van der Waals surface area contributed by atoms with E-state index in [1.165, 1.54) is 4.90 Å². The molecule has 2 bridgehead atoms. The van der Waals surface area contributed by atoms with Gasteiger partial charge < -0.3 is 5.32 Å². The quantitative estimate of drug-likeness (QED) is 0.672. The van der Waals surface area contributed by atoms with Crippen molar-refractivity contribution in [2.24, 2.45) is 35.5 Å². The topological polar surface area (TPSA) is 66.5 Å². The maximum Gasteiger partial charge on any atom is 0.244 e. The van der Waals surface area contributed by atoms with Crippen LogP contribution in [0.5, 0.6) is 0 Å². The number of nitrogens with one attached hydrogen (secondary N) is 1. The van der Waals surface area contributed by atoms with Crippen LogP contribution in [0.4, 0.5) is 5.69 Å². The Bertz CT molecular complexity index is 838. The molecule has 0 unspecified atom stereocenters. The fraction of sp³-hybridized carbons (Fsp3) is 0.476. The molecule has 0 spiro atoms. The summed E-state index contributed by atoms with van der Waals surface area (Å²) in [6.07, 6.45) is 5.43. The third kappa shape index (κ3) is 2.12. The van der Waals surface area contributed by atoms with Crippen LogP contribution >= 0.6 is 0 Å². The molecule has 0 aromatic heterocycles. The van der Waals surface area contributed by atoms with E-state index >= 15 is 0 Å². The number of allylic oxidation sites excluding steroid dienone is 2. The highest BCUT2D eigenvalue weighted by atomic mass is 16.2. The molecule has 6 atom stereocenters. The van der Waals surface area contributed by atoms with Gasteiger partial charge in [-0.2, -0.15) is 0 Å². The van der Waals surface area contributed by atoms with Gasteiger partial charge in [0.1, 0.15) is 6.54 Å². The number of benzene rings is 1. The molecule has 0 radical (unpaired) electrons. The van der Waals surface area contributed by atoms with Gasteiger partial charge in [0.15, 0.2) is 0 Å². The highest BCUT2D eigenvalue weighted by Crippen LogP contribution is 2.65. The zero-order chi connectivity index (χ0) is 18.2. The first-order valence-electron chi connectivity index (χ1n) is 9.36. The summed E-state index contributed by atoms with van der Waals surface area (Å²) in [6.45, 7) is 3.74. The van der Waals surface area contributed by atoms with Crippen molar-refractivity contribution < 1.29 is 14.4 Å². The summed E-state index contributed by atoms with van der Waals surface area (Å²) in [5, 5.41) is 2.84. The van der Waals surface area contributed by atoms with Crippen LogP contribution in [0.1, 0.15) is 17.5 Å². The second-order valence-electron chi connectivity index (χ2n) is 8.28. The molecule has 1 aromatic rings. The summed E-state index contributed by atoms with van der Waals surface area (Å²) in [6, 6.07) is 5.78. The number of hydrogen-bond donors (Lipinski definition) is 1. The minimum Gasteiger partial charge on any atom is -0.324 e. The van der Waals surface area contributed by atoms with E-state index in [9.17, 15) is 14.4 Å². The average molecular weight is 350 g/mol. The average Bonchev–Trinajstić information content (AvgIpc) is 3.39. The number of imide groups is 1. The van der Waals surface area contributed by atoms with Gasteiger partial charge in [-0.05, 0) is 55.6 Å². The van der Waals surface area contributed by atoms with E-state index in [4.69, 9.17) is 0 Å². The molecule has 1 heterocycles. The highest BCUT2D eigenvalue weighted by Gasteiger charge is 2.67. The van der Waals surface area contributed by atoms with E-state index in [2.05, 4.69) is 17.5 Å². The lowest BCUT2D eigenvalue weighted by Crippen LogP contribution is -2.40. The van der Waals surface area contributed by atoms with Gasteiger partial charge in [-0.3, -0.25) is 19.3 Å². The summed E-state index contributed by atoms with van der Waals surface area (Å²) in [5.74, 6) is 0.436. The van der Waals surface area contributed by atoms with Gasteiger partial charge >= 0.3 is 0 Å². The van der Waals surface area contributed by atoms with Crippen molar-refractivity contribution >= 4 is 23.4 Å². The first-order valence-corrected chi connectivity index (χ1v) is 9.36. The number of nitrogens with zero attached hydrogens (tertiary/aromatic N) is 1. The first-order chi connectivity index (χ1) is 12.5. The molecule has 3 amide bonds. The molecular weight excluding hydrogens is 328 g/mol. The molecule has 5 nitrogen and oxygen atoms in total. The molecule has 1 N–H and O–H groups in total. The molecular formula is C21H22N2O3. The van der Waals surface area contributed by atoms with Crippen LogP contribution in [0, 0.1) is 49.4 Å². The molecule has 134 valence electrons. The van der Waals surface area contributed by atoms with E-state index in [1.807, 2.05) is 32.0 Å². The van der Waals surface area contributed by atoms with Gasteiger partial charge in [-0.15, -0.1) is 0 Å². The number of likely N-dealkylation sites (tertiary alicyclic amines) is 1. The lowest BCUT2D eigenvalue weighted by atomic mass is 9.63. The second-order valence-corrected chi connectivity index (χ2v) is 8.28. The number of anilines is 1. The van der Waals surface area contributed by atoms with Crippen LogP contribution in [-0.4, -0.2) is 29.2 Å². The van der Waals surface area contributed by atoms with Crippen molar-refractivity contribution in [2.45, 2.75) is 20.3 Å². The van der Waals surface area contributed by atoms with Crippen molar-refractivity contribution in [2.75, 3.05) is 11.9 Å². The summed E-state index contributed by atoms with van der Waals surface area (Å²) < 4.78 is 0. The normalized spacial score (nSPS) is 36.2. The molecule has 5 heteroatoms. The molecule has 3 fully saturated rings. The molecule has 2 saturated carbocycles. The molecule has 1 aliphatic heterocycles. The lowest BCUT2D eigenvalue weighted by Gasteiger charge is -2.37. The third-order valence-electron chi connectivity index (χ3n) is 6.71. The van der Waals surface area contributed by atoms with Crippen LogP contribution in [0.2, 0.25) is 0 Å². The Hall–Kier alpha value is -2.43. The zero-order valence-electron chi connectivity index (χ0n) is 14.9. The number of hydrogen-bond acceptors (Lipinski definition) is 3. The minimum absolute atomic E-state index is 0.152. The third-order valence-corrected chi connectivity index (χ3v) is 6.71. The highest BCUT2D eigenvalue weighted by molar-refractivity contribution is 6.09. The Labute approximate surface area is 152 Å². The Balaban J connectivity index is 1.33. The number of rotatable bonds is 3. The van der Waals surface area contributed by atoms with Gasteiger partial charge in [0.05, 0.1) is 11.8 Å². The summed E-state index contributed by atoms with van der Waals surface area (Å²) in [5.41, 5.74) is 2.81.